The Kier molecular flexibility index (Phi) is 1.79. The van der Waals surface area contributed by atoms with E-state index in [0.29, 0.717) is 0 Å². The summed E-state index contributed by atoms with van der Waals surface area (Å²) >= 11 is 0. The zero-order valence-corrected chi connectivity index (χ0v) is 7.67. The molecule has 1 aromatic rings. The maximum Gasteiger partial charge on any atom is 0.148 e. The van der Waals surface area contributed by atoms with Crippen molar-refractivity contribution in [3.8, 4) is 0 Å². The minimum absolute atomic E-state index is 0.768. The second-order valence-corrected chi connectivity index (χ2v) is 3.46. The van der Waals surface area contributed by atoms with Crippen LogP contribution in [0.1, 0.15) is 30.9 Å². The van der Waals surface area contributed by atoms with E-state index in [0.717, 1.165) is 11.7 Å². The average molecular weight is 165 g/mol. The van der Waals surface area contributed by atoms with Crippen molar-refractivity contribution in [3.05, 3.63) is 11.8 Å². The first-order valence-electron chi connectivity index (χ1n) is 4.53. The zero-order chi connectivity index (χ0) is 8.55. The fourth-order valence-corrected chi connectivity index (χ4v) is 1.69. The van der Waals surface area contributed by atoms with Gasteiger partial charge in [0.1, 0.15) is 5.82 Å². The van der Waals surface area contributed by atoms with Crippen LogP contribution in [0.4, 0.5) is 5.82 Å². The second-order valence-electron chi connectivity index (χ2n) is 3.46. The van der Waals surface area contributed by atoms with Gasteiger partial charge >= 0.3 is 0 Å². The predicted molar refractivity (Wildman–Crippen MR) is 49.3 cm³/mol. The van der Waals surface area contributed by atoms with Crippen molar-refractivity contribution in [2.45, 2.75) is 25.2 Å². The first-order chi connectivity index (χ1) is 5.81. The smallest absolute Gasteiger partial charge is 0.148 e. The summed E-state index contributed by atoms with van der Waals surface area (Å²) in [7, 11) is 3.93. The zero-order valence-electron chi connectivity index (χ0n) is 7.67. The minimum Gasteiger partial charge on any atom is -0.372 e. The Morgan fingerprint density at radius 1 is 1.58 bits per heavy atom. The van der Waals surface area contributed by atoms with Gasteiger partial charge in [0.25, 0.3) is 0 Å². The molecule has 12 heavy (non-hydrogen) atoms. The Morgan fingerprint density at radius 3 is 2.75 bits per heavy atom. The van der Waals surface area contributed by atoms with Gasteiger partial charge in [-0.1, -0.05) is 6.42 Å². The van der Waals surface area contributed by atoms with Crippen molar-refractivity contribution >= 4 is 5.82 Å². The highest BCUT2D eigenvalue weighted by Crippen LogP contribution is 2.36. The number of hydrogen-bond acceptors (Lipinski definition) is 2. The Balaban J connectivity index is 2.23. The van der Waals surface area contributed by atoms with Crippen LogP contribution >= 0.6 is 0 Å². The molecule has 2 rings (SSSR count). The molecule has 0 bridgehead atoms. The van der Waals surface area contributed by atoms with Crippen molar-refractivity contribution in [1.29, 1.82) is 0 Å². The maximum absolute atomic E-state index is 4.34. The Morgan fingerprint density at radius 2 is 2.33 bits per heavy atom. The van der Waals surface area contributed by atoms with Crippen molar-refractivity contribution in [2.75, 3.05) is 12.4 Å². The van der Waals surface area contributed by atoms with Crippen LogP contribution in [-0.2, 0) is 7.05 Å². The van der Waals surface area contributed by atoms with Gasteiger partial charge in [0.05, 0.1) is 0 Å². The lowest BCUT2D eigenvalue weighted by Gasteiger charge is -2.24. The van der Waals surface area contributed by atoms with Gasteiger partial charge in [-0.3, -0.25) is 4.68 Å². The van der Waals surface area contributed by atoms with E-state index in [9.17, 15) is 0 Å². The molecule has 0 unspecified atom stereocenters. The number of aromatic nitrogens is 2. The van der Waals surface area contributed by atoms with Gasteiger partial charge in [0.2, 0.25) is 0 Å². The molecule has 0 radical (unpaired) electrons. The van der Waals surface area contributed by atoms with E-state index in [1.807, 2.05) is 18.8 Å². The predicted octanol–water partition coefficient (Wildman–Crippen LogP) is 1.73. The van der Waals surface area contributed by atoms with Gasteiger partial charge in [0, 0.05) is 31.8 Å². The third-order valence-corrected chi connectivity index (χ3v) is 2.70. The third kappa shape index (κ3) is 1.09. The molecular weight excluding hydrogens is 150 g/mol. The summed E-state index contributed by atoms with van der Waals surface area (Å²) in [6.07, 6.45) is 4.05. The molecule has 0 spiro atoms. The summed E-state index contributed by atoms with van der Waals surface area (Å²) in [5, 5.41) is 7.40. The second kappa shape index (κ2) is 2.81. The largest absolute Gasteiger partial charge is 0.372 e. The number of aryl methyl sites for hydroxylation is 1. The molecule has 0 aliphatic heterocycles. The van der Waals surface area contributed by atoms with Crippen LogP contribution in [-0.4, -0.2) is 16.8 Å². The average Bonchev–Trinajstić information content (AvgIpc) is 2.29. The van der Waals surface area contributed by atoms with E-state index in [1.54, 1.807) is 0 Å². The van der Waals surface area contributed by atoms with Gasteiger partial charge in [-0.05, 0) is 12.8 Å². The van der Waals surface area contributed by atoms with Crippen LogP contribution in [0.15, 0.2) is 6.07 Å². The number of nitrogens with zero attached hydrogens (tertiary/aromatic N) is 2. The third-order valence-electron chi connectivity index (χ3n) is 2.70. The molecule has 3 nitrogen and oxygen atoms in total. The van der Waals surface area contributed by atoms with Crippen molar-refractivity contribution in [3.63, 3.8) is 0 Å². The maximum atomic E-state index is 4.34. The fourth-order valence-electron chi connectivity index (χ4n) is 1.69. The van der Waals surface area contributed by atoms with Crippen LogP contribution in [0.3, 0.4) is 0 Å². The van der Waals surface area contributed by atoms with Crippen LogP contribution in [0.5, 0.6) is 0 Å². The highest BCUT2D eigenvalue weighted by atomic mass is 15.3. The number of hydrogen-bond donors (Lipinski definition) is 1. The van der Waals surface area contributed by atoms with Crippen molar-refractivity contribution in [1.82, 2.24) is 9.78 Å². The lowest BCUT2D eigenvalue weighted by molar-refractivity contribution is 0.397. The molecule has 1 aliphatic carbocycles. The highest BCUT2D eigenvalue weighted by Gasteiger charge is 2.22. The number of rotatable bonds is 2. The molecule has 66 valence electrons. The summed E-state index contributed by atoms with van der Waals surface area (Å²) in [6.45, 7) is 0. The Labute approximate surface area is 72.8 Å². The molecule has 1 aromatic heterocycles. The topological polar surface area (TPSA) is 29.9 Å². The lowest BCUT2D eigenvalue weighted by Crippen LogP contribution is -2.12. The molecule has 1 saturated carbocycles. The quantitative estimate of drug-likeness (QED) is 0.723. The SMILES string of the molecule is CNc1cc(C2CCC2)n(C)n1. The molecule has 0 amide bonds. The van der Waals surface area contributed by atoms with Crippen LogP contribution < -0.4 is 5.32 Å². The van der Waals surface area contributed by atoms with Gasteiger partial charge < -0.3 is 5.32 Å². The first kappa shape index (κ1) is 7.65. The molecule has 3 heteroatoms. The molecular formula is C9H15N3. The fraction of sp³-hybridized carbons (Fsp3) is 0.667. The normalized spacial score (nSPS) is 17.5. The van der Waals surface area contributed by atoms with Crippen molar-refractivity contribution in [2.24, 2.45) is 7.05 Å². The lowest BCUT2D eigenvalue weighted by atomic mass is 9.83. The van der Waals surface area contributed by atoms with Crippen LogP contribution in [0.25, 0.3) is 0 Å². The van der Waals surface area contributed by atoms with E-state index in [-0.39, 0.29) is 0 Å². The Bertz CT molecular complexity index is 273. The standard InChI is InChI=1S/C9H15N3/c1-10-9-6-8(12(2)11-9)7-4-3-5-7/h6-7H,3-5H2,1-2H3,(H,10,11). The van der Waals surface area contributed by atoms with Gasteiger partial charge in [0.15, 0.2) is 0 Å². The van der Waals surface area contributed by atoms with E-state index in [4.69, 9.17) is 0 Å². The molecule has 0 saturated heterocycles. The Hall–Kier alpha value is -0.990. The monoisotopic (exact) mass is 165 g/mol. The molecule has 1 aliphatic rings. The summed E-state index contributed by atoms with van der Waals surface area (Å²) < 4.78 is 2.00. The molecule has 0 atom stereocenters. The molecule has 1 N–H and O–H groups in total. The number of anilines is 1. The summed E-state index contributed by atoms with van der Waals surface area (Å²) in [4.78, 5) is 0. The summed E-state index contributed by atoms with van der Waals surface area (Å²) in [5.74, 6) is 1.75. The van der Waals surface area contributed by atoms with Crippen molar-refractivity contribution < 1.29 is 0 Å². The van der Waals surface area contributed by atoms with Gasteiger partial charge in [-0.25, -0.2) is 0 Å². The minimum atomic E-state index is 0.768. The van der Waals surface area contributed by atoms with E-state index in [1.165, 1.54) is 25.0 Å². The van der Waals surface area contributed by atoms with Crippen LogP contribution in [0, 0.1) is 0 Å². The van der Waals surface area contributed by atoms with E-state index in [2.05, 4.69) is 16.5 Å². The summed E-state index contributed by atoms with van der Waals surface area (Å²) in [6, 6.07) is 2.16. The molecule has 1 fully saturated rings. The van der Waals surface area contributed by atoms with Crippen LogP contribution in [0.2, 0.25) is 0 Å². The first-order valence-corrected chi connectivity index (χ1v) is 4.53. The van der Waals surface area contributed by atoms with E-state index >= 15 is 0 Å². The van der Waals surface area contributed by atoms with Gasteiger partial charge in [-0.15, -0.1) is 0 Å². The molecule has 0 aromatic carbocycles. The van der Waals surface area contributed by atoms with E-state index < -0.39 is 0 Å². The summed E-state index contributed by atoms with van der Waals surface area (Å²) in [5.41, 5.74) is 1.38. The number of nitrogens with one attached hydrogen (secondary N) is 1. The van der Waals surface area contributed by atoms with Gasteiger partial charge in [-0.2, -0.15) is 5.10 Å². The molecule has 1 heterocycles. The highest BCUT2D eigenvalue weighted by molar-refractivity contribution is 5.36.